The van der Waals surface area contributed by atoms with Crippen molar-refractivity contribution in [3.05, 3.63) is 95.3 Å². The number of amides is 1. The Morgan fingerprint density at radius 3 is 2.57 bits per heavy atom. The Morgan fingerprint density at radius 1 is 1.00 bits per heavy atom. The van der Waals surface area contributed by atoms with Gasteiger partial charge in [0.25, 0.3) is 0 Å². The monoisotopic (exact) mass is 415 g/mol. The number of nitrogens with zero attached hydrogens (tertiary/aromatic N) is 3. The Bertz CT molecular complexity index is 1220. The highest BCUT2D eigenvalue weighted by atomic mass is 35.5. The number of para-hydroxylation sites is 2. The Kier molecular flexibility index (Phi) is 4.80. The fourth-order valence-electron chi connectivity index (χ4n) is 4.41. The summed E-state index contributed by atoms with van der Waals surface area (Å²) < 4.78 is 2.30. The number of hydrogen-bond donors (Lipinski definition) is 0. The summed E-state index contributed by atoms with van der Waals surface area (Å²) >= 11 is 6.16. The molecule has 1 amide bonds. The van der Waals surface area contributed by atoms with Gasteiger partial charge in [-0.2, -0.15) is 0 Å². The summed E-state index contributed by atoms with van der Waals surface area (Å²) in [4.78, 5) is 19.7. The van der Waals surface area contributed by atoms with Gasteiger partial charge in [0.15, 0.2) is 0 Å². The maximum absolute atomic E-state index is 12.9. The summed E-state index contributed by atoms with van der Waals surface area (Å²) in [6.07, 6.45) is 0.442. The Morgan fingerprint density at radius 2 is 1.77 bits per heavy atom. The van der Waals surface area contributed by atoms with Crippen molar-refractivity contribution < 1.29 is 4.79 Å². The third-order valence-corrected chi connectivity index (χ3v) is 6.14. The zero-order chi connectivity index (χ0) is 20.7. The van der Waals surface area contributed by atoms with Crippen LogP contribution in [-0.2, 0) is 4.79 Å². The molecular formula is C25H22ClN3O. The molecule has 0 aliphatic carbocycles. The van der Waals surface area contributed by atoms with Crippen LogP contribution in [0.3, 0.4) is 0 Å². The lowest BCUT2D eigenvalue weighted by Gasteiger charge is -2.21. The van der Waals surface area contributed by atoms with Crippen LogP contribution in [-0.4, -0.2) is 22.0 Å². The highest BCUT2D eigenvalue weighted by Crippen LogP contribution is 2.36. The van der Waals surface area contributed by atoms with Crippen LogP contribution in [0.15, 0.2) is 78.9 Å². The number of aromatic nitrogens is 2. The predicted molar refractivity (Wildman–Crippen MR) is 121 cm³/mol. The van der Waals surface area contributed by atoms with Crippen molar-refractivity contribution >= 4 is 34.2 Å². The first-order valence-electron chi connectivity index (χ1n) is 10.2. The predicted octanol–water partition coefficient (Wildman–Crippen LogP) is 5.82. The lowest BCUT2D eigenvalue weighted by Crippen LogP contribution is -2.24. The van der Waals surface area contributed by atoms with E-state index >= 15 is 0 Å². The van der Waals surface area contributed by atoms with E-state index in [1.165, 1.54) is 5.56 Å². The van der Waals surface area contributed by atoms with E-state index in [1.54, 1.807) is 0 Å². The van der Waals surface area contributed by atoms with E-state index in [4.69, 9.17) is 16.6 Å². The SMILES string of the molecule is C[C@H](c1ccccc1)n1c([C@@H]2CC(=O)N(c3cccc(Cl)c3)C2)nc2ccccc21. The van der Waals surface area contributed by atoms with Gasteiger partial charge in [0.1, 0.15) is 5.82 Å². The number of imidazole rings is 1. The molecule has 30 heavy (non-hydrogen) atoms. The number of hydrogen-bond acceptors (Lipinski definition) is 2. The van der Waals surface area contributed by atoms with Crippen molar-refractivity contribution in [2.45, 2.75) is 25.3 Å². The quantitative estimate of drug-likeness (QED) is 0.421. The minimum absolute atomic E-state index is 0.0232. The molecule has 1 fully saturated rings. The first-order valence-corrected chi connectivity index (χ1v) is 10.6. The number of carbonyl (C=O) groups is 1. The van der Waals surface area contributed by atoms with E-state index in [-0.39, 0.29) is 17.9 Å². The van der Waals surface area contributed by atoms with Gasteiger partial charge in [0.05, 0.1) is 17.1 Å². The van der Waals surface area contributed by atoms with E-state index in [9.17, 15) is 4.79 Å². The molecule has 4 aromatic rings. The molecule has 1 saturated heterocycles. The van der Waals surface area contributed by atoms with Crippen molar-refractivity contribution in [2.75, 3.05) is 11.4 Å². The number of benzene rings is 3. The van der Waals surface area contributed by atoms with Crippen molar-refractivity contribution in [1.82, 2.24) is 9.55 Å². The van der Waals surface area contributed by atoms with Gasteiger partial charge in [-0.1, -0.05) is 60.1 Å². The van der Waals surface area contributed by atoms with Gasteiger partial charge in [-0.05, 0) is 42.8 Å². The van der Waals surface area contributed by atoms with Gasteiger partial charge in [-0.3, -0.25) is 4.79 Å². The summed E-state index contributed by atoms with van der Waals surface area (Å²) in [7, 11) is 0. The molecule has 0 saturated carbocycles. The highest BCUT2D eigenvalue weighted by molar-refractivity contribution is 6.30. The number of carbonyl (C=O) groups excluding carboxylic acids is 1. The van der Waals surface area contributed by atoms with Crippen LogP contribution in [0.5, 0.6) is 0 Å². The summed E-state index contributed by atoms with van der Waals surface area (Å²) in [5.41, 5.74) is 4.12. The molecule has 5 heteroatoms. The standard InChI is InChI=1S/C25H22ClN3O/c1-17(18-8-3-2-4-9-18)29-23-13-6-5-12-22(23)27-25(29)19-14-24(30)28(16-19)21-11-7-10-20(26)15-21/h2-13,15,17,19H,14,16H2,1H3/t17-,19-/m1/s1. The van der Waals surface area contributed by atoms with Crippen molar-refractivity contribution in [1.29, 1.82) is 0 Å². The van der Waals surface area contributed by atoms with Gasteiger partial charge in [-0.15, -0.1) is 0 Å². The van der Waals surface area contributed by atoms with E-state index < -0.39 is 0 Å². The lowest BCUT2D eigenvalue weighted by atomic mass is 10.0. The zero-order valence-corrected chi connectivity index (χ0v) is 17.5. The average molecular weight is 416 g/mol. The smallest absolute Gasteiger partial charge is 0.227 e. The molecule has 0 bridgehead atoms. The second-order valence-corrected chi connectivity index (χ2v) is 8.24. The van der Waals surface area contributed by atoms with Gasteiger partial charge < -0.3 is 9.47 Å². The molecule has 4 nitrogen and oxygen atoms in total. The van der Waals surface area contributed by atoms with Crippen molar-refractivity contribution in [3.63, 3.8) is 0 Å². The van der Waals surface area contributed by atoms with Crippen LogP contribution >= 0.6 is 11.6 Å². The number of halogens is 1. The van der Waals surface area contributed by atoms with Crippen LogP contribution in [0.4, 0.5) is 5.69 Å². The minimum Gasteiger partial charge on any atom is -0.320 e. The molecule has 0 spiro atoms. The maximum Gasteiger partial charge on any atom is 0.227 e. The zero-order valence-electron chi connectivity index (χ0n) is 16.7. The summed E-state index contributed by atoms with van der Waals surface area (Å²) in [6, 6.07) is 26.2. The molecule has 0 unspecified atom stereocenters. The van der Waals surface area contributed by atoms with E-state index in [0.717, 1.165) is 22.5 Å². The minimum atomic E-state index is 0.0232. The Hall–Kier alpha value is -3.11. The molecule has 1 aromatic heterocycles. The van der Waals surface area contributed by atoms with E-state index in [1.807, 2.05) is 53.4 Å². The average Bonchev–Trinajstić information content (AvgIpc) is 3.34. The van der Waals surface area contributed by atoms with Gasteiger partial charge in [-0.25, -0.2) is 4.98 Å². The normalized spacial score (nSPS) is 17.6. The topological polar surface area (TPSA) is 38.1 Å². The summed E-state index contributed by atoms with van der Waals surface area (Å²) in [5, 5.41) is 0.633. The molecule has 1 aliphatic heterocycles. The second kappa shape index (κ2) is 7.62. The van der Waals surface area contributed by atoms with Crippen molar-refractivity contribution in [2.24, 2.45) is 0 Å². The first kappa shape index (κ1) is 18.9. The van der Waals surface area contributed by atoms with Crippen LogP contribution in [0, 0.1) is 0 Å². The highest BCUT2D eigenvalue weighted by Gasteiger charge is 2.35. The van der Waals surface area contributed by atoms with Crippen LogP contribution in [0.2, 0.25) is 5.02 Å². The molecule has 0 N–H and O–H groups in total. The molecule has 0 radical (unpaired) electrons. The lowest BCUT2D eigenvalue weighted by molar-refractivity contribution is -0.117. The molecule has 150 valence electrons. The molecule has 3 aromatic carbocycles. The summed E-state index contributed by atoms with van der Waals surface area (Å²) in [6.45, 7) is 2.79. The number of fused-ring (bicyclic) bond motifs is 1. The molecule has 5 rings (SSSR count). The largest absolute Gasteiger partial charge is 0.320 e. The van der Waals surface area contributed by atoms with Gasteiger partial charge in [0, 0.05) is 29.6 Å². The summed E-state index contributed by atoms with van der Waals surface area (Å²) in [5.74, 6) is 1.09. The maximum atomic E-state index is 12.9. The first-order chi connectivity index (χ1) is 14.6. The second-order valence-electron chi connectivity index (χ2n) is 7.80. The fourth-order valence-corrected chi connectivity index (χ4v) is 4.60. The number of anilines is 1. The van der Waals surface area contributed by atoms with Crippen LogP contribution in [0.1, 0.15) is 36.7 Å². The number of rotatable bonds is 4. The van der Waals surface area contributed by atoms with Gasteiger partial charge >= 0.3 is 0 Å². The molecular weight excluding hydrogens is 394 g/mol. The third-order valence-electron chi connectivity index (χ3n) is 5.90. The van der Waals surface area contributed by atoms with Crippen LogP contribution in [0.25, 0.3) is 11.0 Å². The van der Waals surface area contributed by atoms with Crippen molar-refractivity contribution in [3.8, 4) is 0 Å². The Labute approximate surface area is 180 Å². The Balaban J connectivity index is 1.57. The van der Waals surface area contributed by atoms with Crippen LogP contribution < -0.4 is 4.90 Å². The third kappa shape index (κ3) is 3.27. The van der Waals surface area contributed by atoms with E-state index in [0.29, 0.717) is 18.0 Å². The van der Waals surface area contributed by atoms with E-state index in [2.05, 4.69) is 41.8 Å². The molecule has 2 heterocycles. The fraction of sp³-hybridized carbons (Fsp3) is 0.200. The molecule has 1 aliphatic rings. The molecule has 2 atom stereocenters. The van der Waals surface area contributed by atoms with Gasteiger partial charge in [0.2, 0.25) is 5.91 Å².